The van der Waals surface area contributed by atoms with E-state index in [0.717, 1.165) is 25.2 Å². The number of likely N-dealkylation sites (tertiary alicyclic amines) is 2. The topological polar surface area (TPSA) is 24.3 Å². The van der Waals surface area contributed by atoms with E-state index in [1.807, 2.05) is 23.1 Å². The van der Waals surface area contributed by atoms with Crippen LogP contribution in [0, 0.1) is 0 Å². The molecule has 1 aromatic carbocycles. The van der Waals surface area contributed by atoms with Crippen molar-refractivity contribution in [3.63, 3.8) is 0 Å². The van der Waals surface area contributed by atoms with Crippen molar-refractivity contribution in [2.24, 2.45) is 0 Å². The Labute approximate surface area is 145 Å². The molecule has 1 aromatic heterocycles. The molecule has 0 aliphatic carbocycles. The van der Waals surface area contributed by atoms with Gasteiger partial charge in [0.05, 0.1) is 6.54 Å². The SMILES string of the molecule is CC1CCCCN1C1CN(Cc2cccc(Cn3cccn3)c2)C1. The lowest BCUT2D eigenvalue weighted by atomic mass is 9.97. The van der Waals surface area contributed by atoms with E-state index in [9.17, 15) is 0 Å². The number of rotatable bonds is 5. The van der Waals surface area contributed by atoms with Crippen molar-refractivity contribution < 1.29 is 0 Å². The zero-order chi connectivity index (χ0) is 16.4. The fourth-order valence-electron chi connectivity index (χ4n) is 4.21. The van der Waals surface area contributed by atoms with Gasteiger partial charge in [-0.2, -0.15) is 5.10 Å². The Morgan fingerprint density at radius 3 is 2.67 bits per heavy atom. The molecule has 1 unspecified atom stereocenters. The molecule has 2 fully saturated rings. The van der Waals surface area contributed by atoms with Crippen molar-refractivity contribution in [1.29, 1.82) is 0 Å². The van der Waals surface area contributed by atoms with Crippen LogP contribution >= 0.6 is 0 Å². The van der Waals surface area contributed by atoms with Gasteiger partial charge >= 0.3 is 0 Å². The molecule has 1 atom stereocenters. The quantitative estimate of drug-likeness (QED) is 0.845. The van der Waals surface area contributed by atoms with Crippen LogP contribution in [0.1, 0.15) is 37.3 Å². The molecule has 0 bridgehead atoms. The highest BCUT2D eigenvalue weighted by Gasteiger charge is 2.34. The van der Waals surface area contributed by atoms with Crippen molar-refractivity contribution in [3.8, 4) is 0 Å². The van der Waals surface area contributed by atoms with Gasteiger partial charge in [-0.15, -0.1) is 0 Å². The first-order valence-corrected chi connectivity index (χ1v) is 9.31. The Balaban J connectivity index is 1.30. The van der Waals surface area contributed by atoms with Crippen LogP contribution in [0.15, 0.2) is 42.7 Å². The van der Waals surface area contributed by atoms with Crippen LogP contribution in [-0.2, 0) is 13.1 Å². The lowest BCUT2D eigenvalue weighted by molar-refractivity contribution is -0.00621. The van der Waals surface area contributed by atoms with Gasteiger partial charge in [0.2, 0.25) is 0 Å². The fourth-order valence-corrected chi connectivity index (χ4v) is 4.21. The summed E-state index contributed by atoms with van der Waals surface area (Å²) in [7, 11) is 0. The number of aromatic nitrogens is 2. The molecule has 4 rings (SSSR count). The highest BCUT2D eigenvalue weighted by Crippen LogP contribution is 2.25. The second-order valence-corrected chi connectivity index (χ2v) is 7.45. The summed E-state index contributed by atoms with van der Waals surface area (Å²) in [5.41, 5.74) is 2.75. The Hall–Kier alpha value is -1.65. The number of benzene rings is 1. The van der Waals surface area contributed by atoms with Crippen LogP contribution in [-0.4, -0.2) is 51.3 Å². The minimum absolute atomic E-state index is 0.781. The van der Waals surface area contributed by atoms with E-state index in [1.54, 1.807) is 0 Å². The molecule has 2 aromatic rings. The average molecular weight is 324 g/mol. The van der Waals surface area contributed by atoms with Gasteiger partial charge in [-0.3, -0.25) is 14.5 Å². The summed E-state index contributed by atoms with van der Waals surface area (Å²) < 4.78 is 1.98. The second-order valence-electron chi connectivity index (χ2n) is 7.45. The summed E-state index contributed by atoms with van der Waals surface area (Å²) in [6, 6.07) is 12.5. The van der Waals surface area contributed by atoms with E-state index in [1.165, 1.54) is 50.0 Å². The first-order valence-electron chi connectivity index (χ1n) is 9.31. The molecule has 0 spiro atoms. The van der Waals surface area contributed by atoms with Gasteiger partial charge in [-0.05, 0) is 43.5 Å². The molecule has 2 aliphatic heterocycles. The first kappa shape index (κ1) is 15.9. The maximum atomic E-state index is 4.30. The fraction of sp³-hybridized carbons (Fsp3) is 0.550. The molecule has 128 valence electrons. The van der Waals surface area contributed by atoms with Crippen LogP contribution in [0.3, 0.4) is 0 Å². The lowest BCUT2D eigenvalue weighted by Gasteiger charge is -2.49. The minimum atomic E-state index is 0.781. The van der Waals surface area contributed by atoms with Crippen molar-refractivity contribution in [2.75, 3.05) is 19.6 Å². The number of hydrogen-bond donors (Lipinski definition) is 0. The third kappa shape index (κ3) is 3.55. The number of nitrogens with zero attached hydrogens (tertiary/aromatic N) is 4. The summed E-state index contributed by atoms with van der Waals surface area (Å²) in [4.78, 5) is 5.33. The van der Waals surface area contributed by atoms with E-state index in [-0.39, 0.29) is 0 Å². The minimum Gasteiger partial charge on any atom is -0.296 e. The summed E-state index contributed by atoms with van der Waals surface area (Å²) in [6.45, 7) is 8.10. The molecular weight excluding hydrogens is 296 g/mol. The van der Waals surface area contributed by atoms with Crippen LogP contribution in [0.2, 0.25) is 0 Å². The summed E-state index contributed by atoms with van der Waals surface area (Å²) in [5.74, 6) is 0. The maximum Gasteiger partial charge on any atom is 0.0659 e. The number of hydrogen-bond acceptors (Lipinski definition) is 3. The highest BCUT2D eigenvalue weighted by molar-refractivity contribution is 5.24. The predicted molar refractivity (Wildman–Crippen MR) is 96.9 cm³/mol. The van der Waals surface area contributed by atoms with Gasteiger partial charge in [0.25, 0.3) is 0 Å². The Bertz CT molecular complexity index is 645. The lowest BCUT2D eigenvalue weighted by Crippen LogP contribution is -2.61. The molecular formula is C20H28N4. The van der Waals surface area contributed by atoms with Crippen molar-refractivity contribution in [2.45, 2.75) is 51.4 Å². The molecule has 2 aliphatic rings. The Morgan fingerprint density at radius 2 is 1.92 bits per heavy atom. The van der Waals surface area contributed by atoms with Crippen LogP contribution in [0.5, 0.6) is 0 Å². The van der Waals surface area contributed by atoms with Crippen molar-refractivity contribution >= 4 is 0 Å². The Kier molecular flexibility index (Phi) is 4.67. The molecule has 2 saturated heterocycles. The molecule has 0 amide bonds. The monoisotopic (exact) mass is 324 g/mol. The molecule has 4 nitrogen and oxygen atoms in total. The van der Waals surface area contributed by atoms with Gasteiger partial charge in [0, 0.05) is 44.1 Å². The number of piperidine rings is 1. The molecule has 0 saturated carbocycles. The molecule has 0 radical (unpaired) electrons. The van der Waals surface area contributed by atoms with E-state index in [0.29, 0.717) is 0 Å². The van der Waals surface area contributed by atoms with Gasteiger partial charge in [-0.1, -0.05) is 30.7 Å². The van der Waals surface area contributed by atoms with Crippen LogP contribution in [0.25, 0.3) is 0 Å². The Morgan fingerprint density at radius 1 is 1.08 bits per heavy atom. The largest absolute Gasteiger partial charge is 0.296 e. The molecule has 0 N–H and O–H groups in total. The van der Waals surface area contributed by atoms with E-state index >= 15 is 0 Å². The average Bonchev–Trinajstić information content (AvgIpc) is 3.05. The third-order valence-corrected chi connectivity index (χ3v) is 5.56. The third-order valence-electron chi connectivity index (χ3n) is 5.56. The molecule has 24 heavy (non-hydrogen) atoms. The van der Waals surface area contributed by atoms with Gasteiger partial charge in [0.1, 0.15) is 0 Å². The van der Waals surface area contributed by atoms with E-state index < -0.39 is 0 Å². The predicted octanol–water partition coefficient (Wildman–Crippen LogP) is 2.99. The van der Waals surface area contributed by atoms with E-state index in [4.69, 9.17) is 0 Å². The van der Waals surface area contributed by atoms with Gasteiger partial charge < -0.3 is 0 Å². The highest BCUT2D eigenvalue weighted by atomic mass is 15.3. The second kappa shape index (κ2) is 7.08. The summed E-state index contributed by atoms with van der Waals surface area (Å²) in [6.07, 6.45) is 8.04. The van der Waals surface area contributed by atoms with Crippen LogP contribution < -0.4 is 0 Å². The smallest absolute Gasteiger partial charge is 0.0659 e. The normalized spacial score (nSPS) is 23.3. The summed E-state index contributed by atoms with van der Waals surface area (Å²) in [5, 5.41) is 4.30. The maximum absolute atomic E-state index is 4.30. The zero-order valence-corrected chi connectivity index (χ0v) is 14.6. The van der Waals surface area contributed by atoms with Crippen LogP contribution in [0.4, 0.5) is 0 Å². The first-order chi connectivity index (χ1) is 11.8. The molecule has 4 heteroatoms. The summed E-state index contributed by atoms with van der Waals surface area (Å²) >= 11 is 0. The zero-order valence-electron chi connectivity index (χ0n) is 14.6. The van der Waals surface area contributed by atoms with Crippen molar-refractivity contribution in [3.05, 3.63) is 53.9 Å². The van der Waals surface area contributed by atoms with Gasteiger partial charge in [-0.25, -0.2) is 0 Å². The standard InChI is InChI=1S/C20H28N4/c1-17-6-2-3-11-24(17)20-15-22(16-20)13-18-7-4-8-19(12-18)14-23-10-5-9-21-23/h4-5,7-10,12,17,20H,2-3,6,11,13-16H2,1H3. The van der Waals surface area contributed by atoms with Crippen molar-refractivity contribution in [1.82, 2.24) is 19.6 Å². The molecule has 3 heterocycles. The van der Waals surface area contributed by atoms with Gasteiger partial charge in [0.15, 0.2) is 0 Å². The van der Waals surface area contributed by atoms with E-state index in [2.05, 4.69) is 46.1 Å².